The predicted molar refractivity (Wildman–Crippen MR) is 73.4 cm³/mol. The SMILES string of the molecule is CCCNCCNC(=O)C1CC1c1ccc(F)c(F)c1. The Kier molecular flexibility index (Phi) is 5.06. The van der Waals surface area contributed by atoms with Gasteiger partial charge in [0.25, 0.3) is 0 Å². The first kappa shape index (κ1) is 14.9. The monoisotopic (exact) mass is 282 g/mol. The summed E-state index contributed by atoms with van der Waals surface area (Å²) < 4.78 is 26.0. The van der Waals surface area contributed by atoms with Gasteiger partial charge in [0.05, 0.1) is 0 Å². The van der Waals surface area contributed by atoms with E-state index in [0.717, 1.165) is 25.6 Å². The molecule has 2 N–H and O–H groups in total. The predicted octanol–water partition coefficient (Wildman–Crippen LogP) is 2.18. The lowest BCUT2D eigenvalue weighted by molar-refractivity contribution is -0.122. The zero-order valence-electron chi connectivity index (χ0n) is 11.6. The van der Waals surface area contributed by atoms with Crippen molar-refractivity contribution in [2.45, 2.75) is 25.7 Å². The summed E-state index contributed by atoms with van der Waals surface area (Å²) >= 11 is 0. The molecule has 2 rings (SSSR count). The van der Waals surface area contributed by atoms with Crippen LogP contribution >= 0.6 is 0 Å². The zero-order chi connectivity index (χ0) is 14.5. The fourth-order valence-corrected chi connectivity index (χ4v) is 2.30. The van der Waals surface area contributed by atoms with E-state index in [9.17, 15) is 13.6 Å². The van der Waals surface area contributed by atoms with Crippen LogP contribution in [-0.2, 0) is 4.79 Å². The molecule has 0 aromatic heterocycles. The first-order valence-corrected chi connectivity index (χ1v) is 7.07. The highest BCUT2D eigenvalue weighted by Gasteiger charge is 2.43. The van der Waals surface area contributed by atoms with Crippen LogP contribution in [0.1, 0.15) is 31.2 Å². The summed E-state index contributed by atoms with van der Waals surface area (Å²) in [6.07, 6.45) is 1.77. The van der Waals surface area contributed by atoms with E-state index in [1.165, 1.54) is 6.07 Å². The highest BCUT2D eigenvalue weighted by atomic mass is 19.2. The van der Waals surface area contributed by atoms with Gasteiger partial charge in [0, 0.05) is 19.0 Å². The van der Waals surface area contributed by atoms with Crippen LogP contribution in [0, 0.1) is 17.6 Å². The third-order valence-electron chi connectivity index (χ3n) is 3.53. The van der Waals surface area contributed by atoms with Crippen LogP contribution in [0.25, 0.3) is 0 Å². The number of halogens is 2. The molecule has 1 fully saturated rings. The van der Waals surface area contributed by atoms with Gasteiger partial charge in [0.1, 0.15) is 0 Å². The molecule has 1 aromatic carbocycles. The van der Waals surface area contributed by atoms with Gasteiger partial charge in [0.2, 0.25) is 5.91 Å². The van der Waals surface area contributed by atoms with E-state index in [1.54, 1.807) is 6.07 Å². The molecule has 1 aliphatic carbocycles. The smallest absolute Gasteiger partial charge is 0.223 e. The van der Waals surface area contributed by atoms with Crippen LogP contribution < -0.4 is 10.6 Å². The molecule has 0 radical (unpaired) electrons. The van der Waals surface area contributed by atoms with Gasteiger partial charge in [-0.3, -0.25) is 4.79 Å². The van der Waals surface area contributed by atoms with Crippen molar-refractivity contribution in [3.8, 4) is 0 Å². The van der Waals surface area contributed by atoms with Crippen molar-refractivity contribution in [3.63, 3.8) is 0 Å². The highest BCUT2D eigenvalue weighted by molar-refractivity contribution is 5.82. The molecule has 0 bridgehead atoms. The summed E-state index contributed by atoms with van der Waals surface area (Å²) in [4.78, 5) is 11.9. The molecule has 2 atom stereocenters. The average Bonchev–Trinajstić information content (AvgIpc) is 3.22. The number of benzene rings is 1. The Hall–Kier alpha value is -1.49. The minimum absolute atomic E-state index is 0.00182. The Morgan fingerprint density at radius 1 is 1.25 bits per heavy atom. The van der Waals surface area contributed by atoms with Gasteiger partial charge in [-0.15, -0.1) is 0 Å². The van der Waals surface area contributed by atoms with Gasteiger partial charge in [-0.25, -0.2) is 8.78 Å². The third kappa shape index (κ3) is 3.76. The van der Waals surface area contributed by atoms with E-state index in [1.807, 2.05) is 0 Å². The second-order valence-corrected chi connectivity index (χ2v) is 5.16. The number of hydrogen-bond acceptors (Lipinski definition) is 2. The van der Waals surface area contributed by atoms with E-state index in [-0.39, 0.29) is 17.7 Å². The number of amides is 1. The van der Waals surface area contributed by atoms with Crippen molar-refractivity contribution in [3.05, 3.63) is 35.4 Å². The van der Waals surface area contributed by atoms with Crippen LogP contribution in [0.3, 0.4) is 0 Å². The second-order valence-electron chi connectivity index (χ2n) is 5.16. The normalized spacial score (nSPS) is 20.8. The molecule has 110 valence electrons. The van der Waals surface area contributed by atoms with Crippen LogP contribution in [0.4, 0.5) is 8.78 Å². The zero-order valence-corrected chi connectivity index (χ0v) is 11.6. The summed E-state index contributed by atoms with van der Waals surface area (Å²) in [5.74, 6) is -1.78. The Bertz CT molecular complexity index is 479. The van der Waals surface area contributed by atoms with Gasteiger partial charge in [-0.1, -0.05) is 13.0 Å². The molecule has 3 nitrogen and oxygen atoms in total. The standard InChI is InChI=1S/C15H20F2N2O/c1-2-5-18-6-7-19-15(20)12-9-11(12)10-3-4-13(16)14(17)8-10/h3-4,8,11-12,18H,2,5-7,9H2,1H3,(H,19,20). The van der Waals surface area contributed by atoms with Gasteiger partial charge < -0.3 is 10.6 Å². The summed E-state index contributed by atoms with van der Waals surface area (Å²) in [6, 6.07) is 3.86. The van der Waals surface area contributed by atoms with Crippen molar-refractivity contribution in [1.29, 1.82) is 0 Å². The molecule has 0 heterocycles. The minimum Gasteiger partial charge on any atom is -0.355 e. The maximum absolute atomic E-state index is 13.1. The average molecular weight is 282 g/mol. The van der Waals surface area contributed by atoms with Crippen molar-refractivity contribution in [2.24, 2.45) is 5.92 Å². The van der Waals surface area contributed by atoms with E-state index in [2.05, 4.69) is 17.6 Å². The van der Waals surface area contributed by atoms with Gasteiger partial charge in [-0.2, -0.15) is 0 Å². The first-order valence-electron chi connectivity index (χ1n) is 7.07. The lowest BCUT2D eigenvalue weighted by Crippen LogP contribution is -2.33. The molecule has 0 spiro atoms. The topological polar surface area (TPSA) is 41.1 Å². The summed E-state index contributed by atoms with van der Waals surface area (Å²) in [5, 5.41) is 6.06. The quantitative estimate of drug-likeness (QED) is 0.753. The van der Waals surface area contributed by atoms with Gasteiger partial charge >= 0.3 is 0 Å². The Morgan fingerprint density at radius 2 is 2.05 bits per heavy atom. The van der Waals surface area contributed by atoms with Crippen LogP contribution in [0.15, 0.2) is 18.2 Å². The Morgan fingerprint density at radius 3 is 2.75 bits per heavy atom. The van der Waals surface area contributed by atoms with Crippen molar-refractivity contribution < 1.29 is 13.6 Å². The maximum Gasteiger partial charge on any atom is 0.223 e. The molecule has 2 unspecified atom stereocenters. The van der Waals surface area contributed by atoms with Crippen molar-refractivity contribution in [2.75, 3.05) is 19.6 Å². The maximum atomic E-state index is 13.1. The summed E-state index contributed by atoms with van der Waals surface area (Å²) in [7, 11) is 0. The second kappa shape index (κ2) is 6.79. The van der Waals surface area contributed by atoms with E-state index < -0.39 is 11.6 Å². The molecule has 0 aliphatic heterocycles. The number of carbonyl (C=O) groups is 1. The summed E-state index contributed by atoms with van der Waals surface area (Å²) in [6.45, 7) is 4.38. The van der Waals surface area contributed by atoms with Crippen LogP contribution in [0.5, 0.6) is 0 Å². The lowest BCUT2D eigenvalue weighted by atomic mass is 10.1. The van der Waals surface area contributed by atoms with E-state index >= 15 is 0 Å². The molecule has 1 saturated carbocycles. The Labute approximate surface area is 117 Å². The highest BCUT2D eigenvalue weighted by Crippen LogP contribution is 2.47. The largest absolute Gasteiger partial charge is 0.355 e. The van der Waals surface area contributed by atoms with Gasteiger partial charge in [-0.05, 0) is 43.0 Å². The van der Waals surface area contributed by atoms with E-state index in [0.29, 0.717) is 18.5 Å². The molecular weight excluding hydrogens is 262 g/mol. The third-order valence-corrected chi connectivity index (χ3v) is 3.53. The number of nitrogens with one attached hydrogen (secondary N) is 2. The fraction of sp³-hybridized carbons (Fsp3) is 0.533. The van der Waals surface area contributed by atoms with Crippen LogP contribution in [-0.4, -0.2) is 25.5 Å². The van der Waals surface area contributed by atoms with Crippen molar-refractivity contribution >= 4 is 5.91 Å². The number of rotatable bonds is 7. The van der Waals surface area contributed by atoms with Gasteiger partial charge in [0.15, 0.2) is 11.6 Å². The lowest BCUT2D eigenvalue weighted by Gasteiger charge is -2.06. The number of hydrogen-bond donors (Lipinski definition) is 2. The first-order chi connectivity index (χ1) is 9.63. The molecule has 20 heavy (non-hydrogen) atoms. The van der Waals surface area contributed by atoms with Crippen molar-refractivity contribution in [1.82, 2.24) is 10.6 Å². The minimum atomic E-state index is -0.850. The fourth-order valence-electron chi connectivity index (χ4n) is 2.30. The van der Waals surface area contributed by atoms with Crippen LogP contribution in [0.2, 0.25) is 0 Å². The van der Waals surface area contributed by atoms with E-state index in [4.69, 9.17) is 0 Å². The molecular formula is C15H20F2N2O. The molecule has 1 aromatic rings. The number of carbonyl (C=O) groups excluding carboxylic acids is 1. The summed E-state index contributed by atoms with van der Waals surface area (Å²) in [5.41, 5.74) is 0.702. The molecule has 1 amide bonds. The molecule has 5 heteroatoms. The Balaban J connectivity index is 1.76. The molecule has 1 aliphatic rings. The molecule has 0 saturated heterocycles.